The van der Waals surface area contributed by atoms with Crippen molar-refractivity contribution >= 4 is 46.1 Å². The van der Waals surface area contributed by atoms with E-state index >= 15 is 0 Å². The van der Waals surface area contributed by atoms with Crippen LogP contribution in [0.2, 0.25) is 0 Å². The molecule has 40 heavy (non-hydrogen) atoms. The molecule has 2 heterocycles. The van der Waals surface area contributed by atoms with Crippen molar-refractivity contribution in [3.63, 3.8) is 0 Å². The Morgan fingerprint density at radius 3 is 2.25 bits per heavy atom. The molecule has 1 saturated heterocycles. The van der Waals surface area contributed by atoms with Gasteiger partial charge in [-0.3, -0.25) is 23.9 Å². The number of thioether (sulfide) groups is 1. The molecule has 1 aliphatic heterocycles. The first-order chi connectivity index (χ1) is 19.2. The summed E-state index contributed by atoms with van der Waals surface area (Å²) in [6.07, 6.45) is 1.53. The minimum absolute atomic E-state index is 0.0260. The van der Waals surface area contributed by atoms with Crippen molar-refractivity contribution in [2.45, 2.75) is 19.9 Å². The van der Waals surface area contributed by atoms with Crippen molar-refractivity contribution in [3.8, 4) is 23.4 Å². The second kappa shape index (κ2) is 12.2. The van der Waals surface area contributed by atoms with Crippen LogP contribution in [0.4, 0.5) is 0 Å². The molecule has 1 aliphatic rings. The van der Waals surface area contributed by atoms with Crippen molar-refractivity contribution < 1.29 is 24.2 Å². The van der Waals surface area contributed by atoms with Crippen molar-refractivity contribution in [2.75, 3.05) is 20.8 Å². The van der Waals surface area contributed by atoms with Gasteiger partial charge in [0.25, 0.3) is 11.5 Å². The van der Waals surface area contributed by atoms with Crippen molar-refractivity contribution in [1.29, 1.82) is 5.26 Å². The van der Waals surface area contributed by atoms with Crippen LogP contribution in [-0.4, -0.2) is 51.3 Å². The molecule has 2 aromatic carbocycles. The number of aromatic hydroxyl groups is 1. The molecule has 1 amide bonds. The van der Waals surface area contributed by atoms with E-state index in [2.05, 4.69) is 0 Å². The molecular formula is C29H25N3O6S2. The van der Waals surface area contributed by atoms with Crippen LogP contribution in [0.5, 0.6) is 17.4 Å². The van der Waals surface area contributed by atoms with Crippen molar-refractivity contribution in [1.82, 2.24) is 9.47 Å². The molecule has 1 fully saturated rings. The zero-order valence-corrected chi connectivity index (χ0v) is 23.6. The van der Waals surface area contributed by atoms with Crippen LogP contribution in [0, 0.1) is 18.3 Å². The Balaban J connectivity index is 1.56. The first kappa shape index (κ1) is 28.6. The number of nitriles is 1. The van der Waals surface area contributed by atoms with Crippen LogP contribution in [0.25, 0.3) is 6.08 Å². The summed E-state index contributed by atoms with van der Waals surface area (Å²) < 4.78 is 11.6. The van der Waals surface area contributed by atoms with Gasteiger partial charge in [0.15, 0.2) is 5.78 Å². The largest absolute Gasteiger partial charge is 0.497 e. The van der Waals surface area contributed by atoms with Crippen LogP contribution in [0.15, 0.2) is 58.2 Å². The van der Waals surface area contributed by atoms with Gasteiger partial charge in [0, 0.05) is 13.0 Å². The number of hydrogen-bond donors (Lipinski definition) is 1. The number of nitrogens with zero attached hydrogens (tertiary/aromatic N) is 3. The minimum atomic E-state index is -0.703. The van der Waals surface area contributed by atoms with E-state index in [4.69, 9.17) is 21.7 Å². The second-order valence-corrected chi connectivity index (χ2v) is 10.5. The van der Waals surface area contributed by atoms with E-state index in [9.17, 15) is 24.8 Å². The molecule has 1 N–H and O–H groups in total. The Labute approximate surface area is 240 Å². The number of ether oxygens (including phenoxy) is 2. The predicted octanol–water partition coefficient (Wildman–Crippen LogP) is 4.27. The smallest absolute Gasteiger partial charge is 0.271 e. The average Bonchev–Trinajstić information content (AvgIpc) is 3.22. The number of amides is 1. The van der Waals surface area contributed by atoms with Gasteiger partial charge in [-0.2, -0.15) is 5.26 Å². The van der Waals surface area contributed by atoms with E-state index < -0.39 is 17.2 Å². The Kier molecular flexibility index (Phi) is 8.72. The second-order valence-electron chi connectivity index (χ2n) is 8.83. The van der Waals surface area contributed by atoms with Gasteiger partial charge in [0.2, 0.25) is 5.88 Å². The lowest BCUT2D eigenvalue weighted by Crippen LogP contribution is -2.31. The summed E-state index contributed by atoms with van der Waals surface area (Å²) in [7, 11) is 3.10. The number of hydrogen-bond acceptors (Lipinski definition) is 9. The molecular weight excluding hydrogens is 550 g/mol. The van der Waals surface area contributed by atoms with Crippen molar-refractivity contribution in [2.24, 2.45) is 0 Å². The number of methoxy groups -OCH3 is 2. The Morgan fingerprint density at radius 1 is 1.07 bits per heavy atom. The molecule has 0 unspecified atom stereocenters. The third-order valence-corrected chi connectivity index (χ3v) is 7.81. The number of benzene rings is 2. The van der Waals surface area contributed by atoms with Gasteiger partial charge in [-0.15, -0.1) is 0 Å². The topological polar surface area (TPSA) is 122 Å². The van der Waals surface area contributed by atoms with Gasteiger partial charge >= 0.3 is 0 Å². The van der Waals surface area contributed by atoms with E-state index in [-0.39, 0.29) is 42.1 Å². The Hall–Kier alpha value is -4.40. The van der Waals surface area contributed by atoms with Crippen LogP contribution in [0.3, 0.4) is 0 Å². The molecule has 1 aromatic heterocycles. The van der Waals surface area contributed by atoms with E-state index in [1.54, 1.807) is 49.6 Å². The fraction of sp³-hybridized carbons (Fsp3) is 0.207. The number of ketones is 1. The SMILES string of the molecule is COc1ccc(/C=C2\SC(=S)N(CCC(=O)c3c(C)c(C#N)c(=O)n(Cc4ccc(OC)cc4)c3O)C2=O)cc1. The lowest BCUT2D eigenvalue weighted by atomic mass is 9.99. The summed E-state index contributed by atoms with van der Waals surface area (Å²) in [4.78, 5) is 41.1. The number of thiocarbonyl (C=S) groups is 1. The van der Waals surface area contributed by atoms with Gasteiger partial charge < -0.3 is 14.6 Å². The predicted molar refractivity (Wildman–Crippen MR) is 156 cm³/mol. The maximum absolute atomic E-state index is 13.3. The van der Waals surface area contributed by atoms with Crippen molar-refractivity contribution in [3.05, 3.63) is 91.6 Å². The lowest BCUT2D eigenvalue weighted by molar-refractivity contribution is -0.122. The maximum Gasteiger partial charge on any atom is 0.271 e. The van der Waals surface area contributed by atoms with Crippen LogP contribution in [-0.2, 0) is 11.3 Å². The maximum atomic E-state index is 13.3. The fourth-order valence-electron chi connectivity index (χ4n) is 4.23. The molecule has 4 rings (SSSR count). The number of carbonyl (C=O) groups excluding carboxylic acids is 2. The highest BCUT2D eigenvalue weighted by Crippen LogP contribution is 2.33. The molecule has 0 atom stereocenters. The first-order valence-electron chi connectivity index (χ1n) is 12.1. The van der Waals surface area contributed by atoms with Gasteiger partial charge in [-0.05, 0) is 54.0 Å². The third-order valence-electron chi connectivity index (χ3n) is 6.43. The number of pyridine rings is 1. The molecule has 0 bridgehead atoms. The molecule has 9 nitrogen and oxygen atoms in total. The molecule has 3 aromatic rings. The van der Waals surface area contributed by atoms with Crippen LogP contribution >= 0.6 is 24.0 Å². The van der Waals surface area contributed by atoms with Gasteiger partial charge in [0.05, 0.1) is 31.2 Å². The lowest BCUT2D eigenvalue weighted by Gasteiger charge is -2.17. The first-order valence-corrected chi connectivity index (χ1v) is 13.3. The highest BCUT2D eigenvalue weighted by atomic mass is 32.2. The van der Waals surface area contributed by atoms with Crippen LogP contribution < -0.4 is 15.0 Å². The van der Waals surface area contributed by atoms with E-state index in [0.717, 1.165) is 21.9 Å². The van der Waals surface area contributed by atoms with E-state index in [0.29, 0.717) is 26.3 Å². The van der Waals surface area contributed by atoms with E-state index in [1.807, 2.05) is 18.2 Å². The van der Waals surface area contributed by atoms with Crippen LogP contribution in [0.1, 0.15) is 39.0 Å². The zero-order valence-electron chi connectivity index (χ0n) is 22.0. The molecule has 0 radical (unpaired) electrons. The standard InChI is InChI=1S/C29H25N3O6S2/c1-17-22(15-30)26(34)32(16-19-6-10-21(38-3)11-7-19)28(36)25(17)23(33)12-13-31-27(35)24(40-29(31)39)14-18-4-8-20(37-2)9-5-18/h4-11,14,36H,12-13,16H2,1-3H3/b24-14-. The molecule has 11 heteroatoms. The monoisotopic (exact) mass is 575 g/mol. The van der Waals surface area contributed by atoms with Gasteiger partial charge in [-0.1, -0.05) is 48.2 Å². The third kappa shape index (κ3) is 5.78. The van der Waals surface area contributed by atoms with Gasteiger partial charge in [0.1, 0.15) is 27.5 Å². The molecule has 0 aliphatic carbocycles. The summed E-state index contributed by atoms with van der Waals surface area (Å²) >= 11 is 6.52. The summed E-state index contributed by atoms with van der Waals surface area (Å²) in [6.45, 7) is 1.36. The normalized spacial score (nSPS) is 13.9. The number of Topliss-reactive ketones (excluding diaryl/α,β-unsaturated/α-hetero) is 1. The number of rotatable bonds is 9. The van der Waals surface area contributed by atoms with E-state index in [1.165, 1.54) is 18.9 Å². The average molecular weight is 576 g/mol. The zero-order chi connectivity index (χ0) is 29.0. The number of carbonyl (C=O) groups is 2. The molecule has 0 saturated carbocycles. The summed E-state index contributed by atoms with van der Waals surface area (Å²) in [5, 5.41) is 20.7. The molecule has 0 spiro atoms. The highest BCUT2D eigenvalue weighted by molar-refractivity contribution is 8.26. The minimum Gasteiger partial charge on any atom is -0.497 e. The quantitative estimate of drug-likeness (QED) is 0.226. The Morgan fingerprint density at radius 2 is 1.68 bits per heavy atom. The summed E-state index contributed by atoms with van der Waals surface area (Å²) in [6, 6.07) is 15.9. The summed E-state index contributed by atoms with van der Waals surface area (Å²) in [5.41, 5.74) is 0.467. The number of aromatic nitrogens is 1. The molecule has 204 valence electrons. The highest BCUT2D eigenvalue weighted by Gasteiger charge is 2.33. The van der Waals surface area contributed by atoms with Gasteiger partial charge in [-0.25, -0.2) is 0 Å². The fourth-order valence-corrected chi connectivity index (χ4v) is 5.54. The summed E-state index contributed by atoms with van der Waals surface area (Å²) in [5.74, 6) is -0.0824. The Bertz CT molecular complexity index is 1620.